The summed E-state index contributed by atoms with van der Waals surface area (Å²) in [7, 11) is 1.24. The molecule has 0 aromatic heterocycles. The zero-order valence-corrected chi connectivity index (χ0v) is 20.1. The van der Waals surface area contributed by atoms with Crippen LogP contribution in [0, 0.1) is 5.92 Å². The van der Waals surface area contributed by atoms with Crippen LogP contribution in [0.2, 0.25) is 5.02 Å². The molecule has 2 fully saturated rings. The number of urea groups is 2. The van der Waals surface area contributed by atoms with Crippen LogP contribution < -0.4 is 15.9 Å². The van der Waals surface area contributed by atoms with Crippen molar-refractivity contribution >= 4 is 35.3 Å². The van der Waals surface area contributed by atoms with E-state index in [9.17, 15) is 14.4 Å². The van der Waals surface area contributed by atoms with E-state index < -0.39 is 24.3 Å². The van der Waals surface area contributed by atoms with Gasteiger partial charge in [0.05, 0.1) is 26.7 Å². The highest BCUT2D eigenvalue weighted by molar-refractivity contribution is 6.30. The Kier molecular flexibility index (Phi) is 7.62. The monoisotopic (exact) mass is 501 g/mol. The number of rotatable bonds is 10. The Morgan fingerprint density at radius 3 is 2.40 bits per heavy atom. The summed E-state index contributed by atoms with van der Waals surface area (Å²) in [4.78, 5) is 40.3. The maximum atomic E-state index is 13.4. The molecule has 3 N–H and O–H groups in total. The molecule has 1 unspecified atom stereocenters. The molecule has 1 aliphatic carbocycles. The predicted octanol–water partition coefficient (Wildman–Crippen LogP) is 3.62. The zero-order valence-electron chi connectivity index (χ0n) is 19.4. The van der Waals surface area contributed by atoms with Crippen LogP contribution in [0.5, 0.6) is 5.75 Å². The quantitative estimate of drug-likeness (QED) is 0.290. The van der Waals surface area contributed by atoms with E-state index in [1.807, 2.05) is 12.1 Å². The van der Waals surface area contributed by atoms with Crippen molar-refractivity contribution in [1.29, 1.82) is 0 Å². The van der Waals surface area contributed by atoms with Crippen LogP contribution in [0.15, 0.2) is 48.5 Å². The van der Waals surface area contributed by atoms with Crippen molar-refractivity contribution in [2.45, 2.75) is 32.1 Å². The first-order valence-electron chi connectivity index (χ1n) is 11.3. The number of hydrogen-bond acceptors (Lipinski definition) is 7. The largest absolute Gasteiger partial charge is 0.493 e. The number of nitrogens with zero attached hydrogens (tertiary/aromatic N) is 3. The number of halogens is 1. The topological polar surface area (TPSA) is 117 Å². The third-order valence-electron chi connectivity index (χ3n) is 5.85. The van der Waals surface area contributed by atoms with Crippen LogP contribution in [0.25, 0.3) is 0 Å². The van der Waals surface area contributed by atoms with Crippen molar-refractivity contribution in [2.24, 2.45) is 11.8 Å². The summed E-state index contributed by atoms with van der Waals surface area (Å²) in [5.74, 6) is 7.02. The Bertz CT molecular complexity index is 1060. The Labute approximate surface area is 208 Å². The summed E-state index contributed by atoms with van der Waals surface area (Å²) < 4.78 is 10.4. The molecule has 4 amide bonds. The first kappa shape index (κ1) is 24.6. The van der Waals surface area contributed by atoms with Crippen molar-refractivity contribution in [3.05, 3.63) is 59.1 Å². The van der Waals surface area contributed by atoms with Gasteiger partial charge in [-0.25, -0.2) is 25.3 Å². The fourth-order valence-electron chi connectivity index (χ4n) is 3.62. The number of anilines is 1. The molecular formula is C24H28ClN5O5. The number of carbonyl (C=O) groups excluding carboxylic acids is 3. The molecule has 0 bridgehead atoms. The molecular weight excluding hydrogens is 474 g/mol. The van der Waals surface area contributed by atoms with Crippen molar-refractivity contribution in [1.82, 2.24) is 14.8 Å². The third-order valence-corrected chi connectivity index (χ3v) is 6.11. The molecule has 0 spiro atoms. The second kappa shape index (κ2) is 10.8. The fraction of sp³-hybridized carbons (Fsp3) is 0.375. The molecule has 35 heavy (non-hydrogen) atoms. The minimum atomic E-state index is -0.974. The van der Waals surface area contributed by atoms with E-state index in [4.69, 9.17) is 22.2 Å². The first-order chi connectivity index (χ1) is 16.9. The van der Waals surface area contributed by atoms with Gasteiger partial charge < -0.3 is 14.8 Å². The van der Waals surface area contributed by atoms with Crippen molar-refractivity contribution in [3.8, 4) is 5.75 Å². The molecule has 1 saturated heterocycles. The SMILES string of the molecule is COC(=O)CCN1C(=O)N(N)C(Nc2ccc(OCC3CC3)cc2)N(Cc2ccc(Cl)cc2)C1=O. The van der Waals surface area contributed by atoms with Gasteiger partial charge in [0.2, 0.25) is 6.29 Å². The summed E-state index contributed by atoms with van der Waals surface area (Å²) >= 11 is 6.00. The van der Waals surface area contributed by atoms with Gasteiger partial charge in [0, 0.05) is 17.3 Å². The highest BCUT2D eigenvalue weighted by Crippen LogP contribution is 2.30. The van der Waals surface area contributed by atoms with Gasteiger partial charge in [-0.3, -0.25) is 9.69 Å². The molecule has 0 radical (unpaired) electrons. The normalized spacial score (nSPS) is 18.0. The number of imide groups is 1. The second-order valence-electron chi connectivity index (χ2n) is 8.50. The van der Waals surface area contributed by atoms with E-state index in [-0.39, 0.29) is 19.5 Å². The molecule has 11 heteroatoms. The lowest BCUT2D eigenvalue weighted by Crippen LogP contribution is -2.70. The average Bonchev–Trinajstić information content (AvgIpc) is 3.70. The fourth-order valence-corrected chi connectivity index (χ4v) is 3.74. The molecule has 2 aromatic carbocycles. The number of esters is 1. The summed E-state index contributed by atoms with van der Waals surface area (Å²) in [6.45, 7) is 0.687. The van der Waals surface area contributed by atoms with Gasteiger partial charge in [-0.15, -0.1) is 0 Å². The molecule has 1 aliphatic heterocycles. The Hall–Kier alpha value is -3.50. The van der Waals surface area contributed by atoms with Crippen LogP contribution in [0.3, 0.4) is 0 Å². The standard InChI is InChI=1S/C24H28ClN5O5/c1-34-21(31)12-13-28-23(32)29(14-16-4-6-18(25)7-5-16)22(30(26)24(28)33)27-19-8-10-20(11-9-19)35-15-17-2-3-17/h4-11,17,22,27H,2-3,12-15,26H2,1H3. The summed E-state index contributed by atoms with van der Waals surface area (Å²) in [6, 6.07) is 12.9. The van der Waals surface area contributed by atoms with E-state index in [0.29, 0.717) is 23.2 Å². The van der Waals surface area contributed by atoms with E-state index in [1.54, 1.807) is 36.4 Å². The number of methoxy groups -OCH3 is 1. The number of carbonyl (C=O) groups is 3. The van der Waals surface area contributed by atoms with Crippen molar-refractivity contribution in [2.75, 3.05) is 25.6 Å². The number of amides is 4. The zero-order chi connectivity index (χ0) is 24.9. The lowest BCUT2D eigenvalue weighted by atomic mass is 10.2. The van der Waals surface area contributed by atoms with Gasteiger partial charge in [-0.2, -0.15) is 0 Å². The Morgan fingerprint density at radius 1 is 1.09 bits per heavy atom. The highest BCUT2D eigenvalue weighted by atomic mass is 35.5. The molecule has 1 atom stereocenters. The van der Waals surface area contributed by atoms with Gasteiger partial charge in [-0.1, -0.05) is 23.7 Å². The lowest BCUT2D eigenvalue weighted by molar-refractivity contribution is -0.140. The van der Waals surface area contributed by atoms with Crippen LogP contribution in [-0.4, -0.2) is 59.4 Å². The molecule has 4 rings (SSSR count). The maximum absolute atomic E-state index is 13.4. The van der Waals surface area contributed by atoms with Crippen LogP contribution in [0.4, 0.5) is 15.3 Å². The van der Waals surface area contributed by atoms with Crippen LogP contribution in [-0.2, 0) is 16.1 Å². The summed E-state index contributed by atoms with van der Waals surface area (Å²) in [5, 5.41) is 4.66. The van der Waals surface area contributed by atoms with E-state index >= 15 is 0 Å². The summed E-state index contributed by atoms with van der Waals surface area (Å²) in [5.41, 5.74) is 1.43. The smallest absolute Gasteiger partial charge is 0.345 e. The lowest BCUT2D eigenvalue weighted by Gasteiger charge is -2.45. The van der Waals surface area contributed by atoms with Crippen LogP contribution >= 0.6 is 11.6 Å². The van der Waals surface area contributed by atoms with Gasteiger partial charge in [0.1, 0.15) is 5.75 Å². The summed E-state index contributed by atoms with van der Waals surface area (Å²) in [6.07, 6.45) is 1.29. The first-order valence-corrected chi connectivity index (χ1v) is 11.7. The predicted molar refractivity (Wildman–Crippen MR) is 129 cm³/mol. The number of hydrogen-bond donors (Lipinski definition) is 2. The number of benzene rings is 2. The van der Waals surface area contributed by atoms with Crippen molar-refractivity contribution in [3.63, 3.8) is 0 Å². The highest BCUT2D eigenvalue weighted by Gasteiger charge is 2.43. The van der Waals surface area contributed by atoms with Crippen molar-refractivity contribution < 1.29 is 23.9 Å². The third kappa shape index (κ3) is 6.14. The van der Waals surface area contributed by atoms with E-state index in [2.05, 4.69) is 10.1 Å². The van der Waals surface area contributed by atoms with Gasteiger partial charge in [0.15, 0.2) is 0 Å². The molecule has 2 aromatic rings. The van der Waals surface area contributed by atoms with Crippen LogP contribution in [0.1, 0.15) is 24.8 Å². The maximum Gasteiger partial charge on any atom is 0.345 e. The second-order valence-corrected chi connectivity index (χ2v) is 8.94. The molecule has 1 saturated carbocycles. The molecule has 1 heterocycles. The van der Waals surface area contributed by atoms with E-state index in [1.165, 1.54) is 24.9 Å². The molecule has 186 valence electrons. The van der Waals surface area contributed by atoms with E-state index in [0.717, 1.165) is 21.2 Å². The number of ether oxygens (including phenoxy) is 2. The number of hydrazine groups is 1. The Balaban J connectivity index is 1.53. The Morgan fingerprint density at radius 2 is 1.77 bits per heavy atom. The number of nitrogens with two attached hydrogens (primary N) is 1. The minimum Gasteiger partial charge on any atom is -0.493 e. The van der Waals surface area contributed by atoms with Gasteiger partial charge in [0.25, 0.3) is 0 Å². The number of nitrogens with one attached hydrogen (secondary N) is 1. The minimum absolute atomic E-state index is 0.142. The van der Waals surface area contributed by atoms with Gasteiger partial charge >= 0.3 is 18.0 Å². The van der Waals surface area contributed by atoms with Gasteiger partial charge in [-0.05, 0) is 60.7 Å². The average molecular weight is 502 g/mol. The molecule has 10 nitrogen and oxygen atoms in total. The molecule has 2 aliphatic rings.